The SMILES string of the molecule is C#CCC(NCCC)c1csc(Br)c1. The first-order chi connectivity index (χ1) is 6.77. The van der Waals surface area contributed by atoms with Crippen LogP contribution in [0.5, 0.6) is 0 Å². The average molecular weight is 272 g/mol. The lowest BCUT2D eigenvalue weighted by molar-refractivity contribution is 0.544. The van der Waals surface area contributed by atoms with E-state index >= 15 is 0 Å². The number of hydrogen-bond acceptors (Lipinski definition) is 2. The maximum absolute atomic E-state index is 5.35. The lowest BCUT2D eigenvalue weighted by Gasteiger charge is -2.14. The van der Waals surface area contributed by atoms with Crippen molar-refractivity contribution in [2.75, 3.05) is 6.54 Å². The molecule has 1 unspecified atom stereocenters. The van der Waals surface area contributed by atoms with Gasteiger partial charge in [0.25, 0.3) is 0 Å². The van der Waals surface area contributed by atoms with Crippen LogP contribution in [-0.2, 0) is 0 Å². The van der Waals surface area contributed by atoms with Crippen molar-refractivity contribution in [1.29, 1.82) is 0 Å². The zero-order valence-corrected chi connectivity index (χ0v) is 10.6. The third kappa shape index (κ3) is 3.45. The van der Waals surface area contributed by atoms with Crippen LogP contribution in [0.1, 0.15) is 31.4 Å². The van der Waals surface area contributed by atoms with Crippen molar-refractivity contribution in [2.45, 2.75) is 25.8 Å². The van der Waals surface area contributed by atoms with Crippen molar-refractivity contribution in [2.24, 2.45) is 0 Å². The summed E-state index contributed by atoms with van der Waals surface area (Å²) in [6.45, 7) is 3.17. The van der Waals surface area contributed by atoms with Crippen LogP contribution in [0.4, 0.5) is 0 Å². The molecule has 0 aliphatic heterocycles. The van der Waals surface area contributed by atoms with E-state index in [4.69, 9.17) is 6.42 Å². The predicted octanol–water partition coefficient (Wildman–Crippen LogP) is 3.57. The second kappa shape index (κ2) is 6.23. The second-order valence-electron chi connectivity index (χ2n) is 3.10. The third-order valence-electron chi connectivity index (χ3n) is 1.95. The normalized spacial score (nSPS) is 12.4. The first kappa shape index (κ1) is 11.8. The highest BCUT2D eigenvalue weighted by molar-refractivity contribution is 9.11. The lowest BCUT2D eigenvalue weighted by Crippen LogP contribution is -2.21. The molecule has 0 saturated heterocycles. The van der Waals surface area contributed by atoms with Crippen LogP contribution in [0.3, 0.4) is 0 Å². The Bertz CT molecular complexity index is 313. The van der Waals surface area contributed by atoms with E-state index in [0.717, 1.165) is 23.2 Å². The first-order valence-corrected chi connectivity index (χ1v) is 6.36. The fraction of sp³-hybridized carbons (Fsp3) is 0.455. The van der Waals surface area contributed by atoms with Gasteiger partial charge < -0.3 is 5.32 Å². The van der Waals surface area contributed by atoms with Crippen molar-refractivity contribution in [3.63, 3.8) is 0 Å². The molecule has 1 nitrogen and oxygen atoms in total. The van der Waals surface area contributed by atoms with Crippen molar-refractivity contribution in [3.05, 3.63) is 20.8 Å². The summed E-state index contributed by atoms with van der Waals surface area (Å²) >= 11 is 5.16. The number of nitrogens with one attached hydrogen (secondary N) is 1. The average Bonchev–Trinajstić information content (AvgIpc) is 2.59. The Morgan fingerprint density at radius 3 is 3.00 bits per heavy atom. The van der Waals surface area contributed by atoms with Crippen molar-refractivity contribution < 1.29 is 0 Å². The fourth-order valence-electron chi connectivity index (χ4n) is 1.25. The molecule has 1 atom stereocenters. The molecule has 0 aliphatic rings. The van der Waals surface area contributed by atoms with E-state index in [9.17, 15) is 0 Å². The van der Waals surface area contributed by atoms with Gasteiger partial charge in [0.15, 0.2) is 0 Å². The number of halogens is 1. The lowest BCUT2D eigenvalue weighted by atomic mass is 10.1. The smallest absolute Gasteiger partial charge is 0.0701 e. The largest absolute Gasteiger partial charge is 0.309 e. The molecule has 0 radical (unpaired) electrons. The van der Waals surface area contributed by atoms with Gasteiger partial charge in [-0.2, -0.15) is 0 Å². The molecule has 3 heteroatoms. The van der Waals surface area contributed by atoms with Gasteiger partial charge in [0.1, 0.15) is 0 Å². The molecular formula is C11H14BrNS. The second-order valence-corrected chi connectivity index (χ2v) is 5.39. The fourth-order valence-corrected chi connectivity index (χ4v) is 2.48. The summed E-state index contributed by atoms with van der Waals surface area (Å²) in [5.41, 5.74) is 1.29. The zero-order valence-electron chi connectivity index (χ0n) is 8.22. The predicted molar refractivity (Wildman–Crippen MR) is 66.5 cm³/mol. The van der Waals surface area contributed by atoms with Gasteiger partial charge in [-0.25, -0.2) is 0 Å². The van der Waals surface area contributed by atoms with Crippen molar-refractivity contribution in [1.82, 2.24) is 5.32 Å². The summed E-state index contributed by atoms with van der Waals surface area (Å²) in [5.74, 6) is 2.71. The van der Waals surface area contributed by atoms with Crippen molar-refractivity contribution in [3.8, 4) is 12.3 Å². The van der Waals surface area contributed by atoms with E-state index in [0.29, 0.717) is 6.04 Å². The van der Waals surface area contributed by atoms with Gasteiger partial charge in [0.2, 0.25) is 0 Å². The minimum atomic E-state index is 0.308. The number of rotatable bonds is 5. The van der Waals surface area contributed by atoms with E-state index in [2.05, 4.69) is 45.5 Å². The molecule has 0 aromatic carbocycles. The van der Waals surface area contributed by atoms with Gasteiger partial charge in [-0.05, 0) is 45.9 Å². The Morgan fingerprint density at radius 1 is 1.71 bits per heavy atom. The van der Waals surface area contributed by atoms with Crippen LogP contribution in [0.2, 0.25) is 0 Å². The molecule has 1 rings (SSSR count). The number of terminal acetylenes is 1. The van der Waals surface area contributed by atoms with Crippen LogP contribution in [0.25, 0.3) is 0 Å². The van der Waals surface area contributed by atoms with E-state index in [1.165, 1.54) is 5.56 Å². The topological polar surface area (TPSA) is 12.0 Å². The van der Waals surface area contributed by atoms with Gasteiger partial charge in [0.05, 0.1) is 3.79 Å². The maximum atomic E-state index is 5.35. The Kier molecular flexibility index (Phi) is 5.24. The highest BCUT2D eigenvalue weighted by Gasteiger charge is 2.10. The molecule has 0 spiro atoms. The highest BCUT2D eigenvalue weighted by atomic mass is 79.9. The first-order valence-electron chi connectivity index (χ1n) is 4.68. The van der Waals surface area contributed by atoms with E-state index in [-0.39, 0.29) is 0 Å². The summed E-state index contributed by atoms with van der Waals surface area (Å²) in [5, 5.41) is 5.59. The molecule has 1 N–H and O–H groups in total. The monoisotopic (exact) mass is 271 g/mol. The molecule has 0 amide bonds. The zero-order chi connectivity index (χ0) is 10.4. The number of thiophene rings is 1. The molecule has 14 heavy (non-hydrogen) atoms. The number of hydrogen-bond donors (Lipinski definition) is 1. The molecule has 1 aromatic rings. The summed E-state index contributed by atoms with van der Waals surface area (Å²) in [4.78, 5) is 0. The van der Waals surface area contributed by atoms with E-state index in [1.54, 1.807) is 11.3 Å². The molecule has 1 heterocycles. The van der Waals surface area contributed by atoms with E-state index < -0.39 is 0 Å². The van der Waals surface area contributed by atoms with Gasteiger partial charge in [-0.1, -0.05) is 6.92 Å². The summed E-state index contributed by atoms with van der Waals surface area (Å²) < 4.78 is 1.16. The summed E-state index contributed by atoms with van der Waals surface area (Å²) in [6.07, 6.45) is 7.23. The Morgan fingerprint density at radius 2 is 2.50 bits per heavy atom. The van der Waals surface area contributed by atoms with Crippen LogP contribution in [0.15, 0.2) is 15.2 Å². The van der Waals surface area contributed by atoms with Gasteiger partial charge in [-0.3, -0.25) is 0 Å². The summed E-state index contributed by atoms with van der Waals surface area (Å²) in [7, 11) is 0. The quantitative estimate of drug-likeness (QED) is 0.808. The van der Waals surface area contributed by atoms with Gasteiger partial charge in [-0.15, -0.1) is 23.7 Å². The van der Waals surface area contributed by atoms with E-state index in [1.807, 2.05) is 0 Å². The van der Waals surface area contributed by atoms with Crippen LogP contribution in [0, 0.1) is 12.3 Å². The van der Waals surface area contributed by atoms with Crippen LogP contribution in [-0.4, -0.2) is 6.54 Å². The molecule has 0 aliphatic carbocycles. The Hall–Kier alpha value is -0.300. The van der Waals surface area contributed by atoms with Crippen molar-refractivity contribution >= 4 is 27.3 Å². The summed E-state index contributed by atoms with van der Waals surface area (Å²) in [6, 6.07) is 2.44. The molecule has 0 bridgehead atoms. The molecule has 0 fully saturated rings. The Balaban J connectivity index is 2.63. The molecule has 1 aromatic heterocycles. The molecule has 0 saturated carbocycles. The standard InChI is InChI=1S/C11H14BrNS/c1-3-5-10(13-6-4-2)9-7-11(12)14-8-9/h1,7-8,10,13H,4-6H2,2H3. The van der Waals surface area contributed by atoms with Gasteiger partial charge >= 0.3 is 0 Å². The minimum Gasteiger partial charge on any atom is -0.309 e. The third-order valence-corrected chi connectivity index (χ3v) is 3.48. The highest BCUT2D eigenvalue weighted by Crippen LogP contribution is 2.26. The Labute approximate surface area is 98.0 Å². The maximum Gasteiger partial charge on any atom is 0.0701 e. The van der Waals surface area contributed by atoms with Gasteiger partial charge in [0, 0.05) is 12.5 Å². The van der Waals surface area contributed by atoms with Crippen LogP contribution < -0.4 is 5.32 Å². The molecule has 76 valence electrons. The minimum absolute atomic E-state index is 0.308. The molecular weight excluding hydrogens is 258 g/mol. The van der Waals surface area contributed by atoms with Crippen LogP contribution >= 0.6 is 27.3 Å².